The number of hydrogen-bond acceptors (Lipinski definition) is 6. The third kappa shape index (κ3) is 10.2. The quantitative estimate of drug-likeness (QED) is 0.389. The van der Waals surface area contributed by atoms with Crippen molar-refractivity contribution in [2.45, 2.75) is 43.2 Å². The number of amides is 1. The third-order valence-electron chi connectivity index (χ3n) is 3.00. The van der Waals surface area contributed by atoms with Gasteiger partial charge in [0.1, 0.15) is 5.03 Å². The zero-order chi connectivity index (χ0) is 16.9. The molecule has 1 rings (SSSR count). The van der Waals surface area contributed by atoms with Gasteiger partial charge >= 0.3 is 5.97 Å². The van der Waals surface area contributed by atoms with E-state index in [9.17, 15) is 9.59 Å². The fourth-order valence-electron chi connectivity index (χ4n) is 1.73. The lowest BCUT2D eigenvalue weighted by molar-refractivity contribution is -0.137. The number of nitrogens with zero attached hydrogens (tertiary/aromatic N) is 1. The van der Waals surface area contributed by atoms with Crippen molar-refractivity contribution >= 4 is 33.5 Å². The highest BCUT2D eigenvalue weighted by molar-refractivity contribution is 8.76. The van der Waals surface area contributed by atoms with Crippen LogP contribution in [-0.4, -0.2) is 40.3 Å². The first-order valence-electron chi connectivity index (χ1n) is 7.55. The molecule has 0 saturated heterocycles. The van der Waals surface area contributed by atoms with E-state index >= 15 is 0 Å². The van der Waals surface area contributed by atoms with Crippen LogP contribution < -0.4 is 11.1 Å². The lowest BCUT2D eigenvalue weighted by Crippen LogP contribution is -2.41. The van der Waals surface area contributed by atoms with Crippen molar-refractivity contribution in [3.05, 3.63) is 24.4 Å². The largest absolute Gasteiger partial charge is 0.481 e. The van der Waals surface area contributed by atoms with E-state index < -0.39 is 12.0 Å². The molecule has 1 aromatic heterocycles. The van der Waals surface area contributed by atoms with Crippen molar-refractivity contribution in [2.75, 3.05) is 12.3 Å². The molecule has 0 aliphatic carbocycles. The van der Waals surface area contributed by atoms with Gasteiger partial charge in [-0.25, -0.2) is 4.98 Å². The normalized spacial score (nSPS) is 11.9. The number of aromatic nitrogens is 1. The predicted molar refractivity (Wildman–Crippen MR) is 94.3 cm³/mol. The Bertz CT molecular complexity index is 474. The summed E-state index contributed by atoms with van der Waals surface area (Å²) in [4.78, 5) is 26.3. The molecule has 6 nitrogen and oxygen atoms in total. The van der Waals surface area contributed by atoms with E-state index in [1.807, 2.05) is 18.2 Å². The topological polar surface area (TPSA) is 105 Å². The molecule has 1 heterocycles. The van der Waals surface area contributed by atoms with Crippen LogP contribution in [0.3, 0.4) is 0 Å². The van der Waals surface area contributed by atoms with E-state index in [2.05, 4.69) is 10.3 Å². The summed E-state index contributed by atoms with van der Waals surface area (Å²) < 4.78 is 0. The fourth-order valence-corrected chi connectivity index (χ4v) is 3.71. The zero-order valence-corrected chi connectivity index (χ0v) is 14.6. The molecule has 0 radical (unpaired) electrons. The van der Waals surface area contributed by atoms with Crippen molar-refractivity contribution in [1.82, 2.24) is 10.3 Å². The van der Waals surface area contributed by atoms with Crippen molar-refractivity contribution < 1.29 is 14.7 Å². The van der Waals surface area contributed by atoms with E-state index in [-0.39, 0.29) is 12.3 Å². The van der Waals surface area contributed by atoms with Gasteiger partial charge in [0, 0.05) is 24.9 Å². The molecule has 8 heteroatoms. The van der Waals surface area contributed by atoms with Crippen molar-refractivity contribution in [3.63, 3.8) is 0 Å². The third-order valence-corrected chi connectivity index (χ3v) is 5.30. The van der Waals surface area contributed by atoms with Gasteiger partial charge in [0.2, 0.25) is 5.91 Å². The maximum Gasteiger partial charge on any atom is 0.303 e. The molecular formula is C15H23N3O3S2. The Balaban J connectivity index is 2.02. The molecule has 0 aromatic carbocycles. The van der Waals surface area contributed by atoms with E-state index in [4.69, 9.17) is 10.8 Å². The summed E-state index contributed by atoms with van der Waals surface area (Å²) in [6, 6.07) is 5.24. The second-order valence-corrected chi connectivity index (χ2v) is 7.40. The molecule has 0 fully saturated rings. The van der Waals surface area contributed by atoms with E-state index in [1.165, 1.54) is 0 Å². The van der Waals surface area contributed by atoms with Crippen molar-refractivity contribution in [2.24, 2.45) is 5.73 Å². The first kappa shape index (κ1) is 19.8. The van der Waals surface area contributed by atoms with E-state index in [1.54, 1.807) is 27.8 Å². The number of pyridine rings is 1. The summed E-state index contributed by atoms with van der Waals surface area (Å²) in [5, 5.41) is 12.2. The van der Waals surface area contributed by atoms with E-state index in [0.29, 0.717) is 19.4 Å². The number of carbonyl (C=O) groups excluding carboxylic acids is 1. The van der Waals surface area contributed by atoms with Crippen LogP contribution in [0.4, 0.5) is 0 Å². The van der Waals surface area contributed by atoms with Gasteiger partial charge in [0.05, 0.1) is 6.04 Å². The minimum Gasteiger partial charge on any atom is -0.481 e. The monoisotopic (exact) mass is 357 g/mol. The highest BCUT2D eigenvalue weighted by Crippen LogP contribution is 2.29. The highest BCUT2D eigenvalue weighted by atomic mass is 33.1. The molecule has 4 N–H and O–H groups in total. The molecule has 0 bridgehead atoms. The number of aliphatic carboxylic acids is 1. The summed E-state index contributed by atoms with van der Waals surface area (Å²) in [5.41, 5.74) is 5.85. The molecule has 0 unspecified atom stereocenters. The molecule has 0 aliphatic rings. The Hall–Kier alpha value is -1.25. The minimum atomic E-state index is -0.780. The number of carboxylic acid groups (broad SMARTS) is 1. The molecule has 23 heavy (non-hydrogen) atoms. The highest BCUT2D eigenvalue weighted by Gasteiger charge is 2.12. The van der Waals surface area contributed by atoms with Crippen LogP contribution in [0.2, 0.25) is 0 Å². The Morgan fingerprint density at radius 1 is 1.30 bits per heavy atom. The average molecular weight is 358 g/mol. The Labute approximate surface area is 144 Å². The summed E-state index contributed by atoms with van der Waals surface area (Å²) in [6.07, 6.45) is 4.74. The van der Waals surface area contributed by atoms with Crippen LogP contribution in [-0.2, 0) is 9.59 Å². The molecule has 1 atom stereocenters. The molecule has 1 amide bonds. The first-order chi connectivity index (χ1) is 11.1. The van der Waals surface area contributed by atoms with Crippen LogP contribution in [0.1, 0.15) is 32.1 Å². The summed E-state index contributed by atoms with van der Waals surface area (Å²) >= 11 is 0. The van der Waals surface area contributed by atoms with Crippen LogP contribution >= 0.6 is 21.6 Å². The average Bonchev–Trinajstić information content (AvgIpc) is 2.55. The molecular weight excluding hydrogens is 334 g/mol. The Kier molecular flexibility index (Phi) is 10.5. The van der Waals surface area contributed by atoms with Gasteiger partial charge in [-0.2, -0.15) is 0 Å². The molecule has 0 spiro atoms. The number of carbonyl (C=O) groups is 2. The summed E-state index contributed by atoms with van der Waals surface area (Å²) in [7, 11) is 3.20. The lowest BCUT2D eigenvalue weighted by atomic mass is 10.2. The van der Waals surface area contributed by atoms with Gasteiger partial charge in [-0.15, -0.1) is 0 Å². The van der Waals surface area contributed by atoms with Crippen molar-refractivity contribution in [3.8, 4) is 0 Å². The lowest BCUT2D eigenvalue weighted by Gasteiger charge is -2.11. The molecule has 0 saturated carbocycles. The van der Waals surface area contributed by atoms with Gasteiger partial charge in [-0.05, 0) is 42.2 Å². The second kappa shape index (κ2) is 12.2. The molecule has 0 aliphatic heterocycles. The first-order valence-corrected chi connectivity index (χ1v) is 9.87. The fraction of sp³-hybridized carbons (Fsp3) is 0.533. The maximum absolute atomic E-state index is 11.8. The Morgan fingerprint density at radius 2 is 2.13 bits per heavy atom. The number of nitrogens with two attached hydrogens (primary N) is 1. The van der Waals surface area contributed by atoms with Crippen molar-refractivity contribution in [1.29, 1.82) is 0 Å². The SMILES string of the molecule is N[C@@H](CCSSc1ccccn1)C(=O)NCCCCCC(=O)O. The van der Waals surface area contributed by atoms with Crippen LogP contribution in [0.5, 0.6) is 0 Å². The number of rotatable bonds is 12. The van der Waals surface area contributed by atoms with E-state index in [0.717, 1.165) is 23.6 Å². The van der Waals surface area contributed by atoms with Crippen LogP contribution in [0.25, 0.3) is 0 Å². The number of unbranched alkanes of at least 4 members (excludes halogenated alkanes) is 2. The predicted octanol–water partition coefficient (Wildman–Crippen LogP) is 2.30. The standard InChI is InChI=1S/C15H23N3O3S2/c16-12(8-11-22-23-13-6-3-5-9-17-13)15(21)18-10-4-1-2-7-14(19)20/h3,5-6,9,12H,1-2,4,7-8,10-11,16H2,(H,18,21)(H,19,20)/t12-/m0/s1. The van der Waals surface area contributed by atoms with Gasteiger partial charge in [0.15, 0.2) is 0 Å². The van der Waals surface area contributed by atoms with Gasteiger partial charge in [-0.1, -0.05) is 23.3 Å². The van der Waals surface area contributed by atoms with Gasteiger partial charge < -0.3 is 16.2 Å². The maximum atomic E-state index is 11.8. The summed E-state index contributed by atoms with van der Waals surface area (Å²) in [6.45, 7) is 0.544. The Morgan fingerprint density at radius 3 is 2.83 bits per heavy atom. The molecule has 128 valence electrons. The number of carboxylic acids is 1. The van der Waals surface area contributed by atoms with Crippen LogP contribution in [0, 0.1) is 0 Å². The number of hydrogen-bond donors (Lipinski definition) is 3. The minimum absolute atomic E-state index is 0.147. The summed E-state index contributed by atoms with van der Waals surface area (Å²) in [5.74, 6) is -0.155. The smallest absolute Gasteiger partial charge is 0.303 e. The second-order valence-electron chi connectivity index (χ2n) is 4.96. The van der Waals surface area contributed by atoms with Crippen LogP contribution in [0.15, 0.2) is 29.4 Å². The molecule has 1 aromatic rings. The number of nitrogens with one attached hydrogen (secondary N) is 1. The van der Waals surface area contributed by atoms with Gasteiger partial charge in [-0.3, -0.25) is 9.59 Å². The van der Waals surface area contributed by atoms with Gasteiger partial charge in [0.25, 0.3) is 0 Å². The zero-order valence-electron chi connectivity index (χ0n) is 12.9.